The highest BCUT2D eigenvalue weighted by Gasteiger charge is 2.13. The Morgan fingerprint density at radius 3 is 2.28 bits per heavy atom. The molecule has 1 heterocycles. The van der Waals surface area contributed by atoms with Gasteiger partial charge in [-0.1, -0.05) is 13.8 Å². The Morgan fingerprint density at radius 1 is 1.04 bits per heavy atom. The summed E-state index contributed by atoms with van der Waals surface area (Å²) < 4.78 is 16.0. The molecule has 0 amide bonds. The van der Waals surface area contributed by atoms with E-state index >= 15 is 0 Å². The highest BCUT2D eigenvalue weighted by molar-refractivity contribution is 5.66. The highest BCUT2D eigenvalue weighted by Crippen LogP contribution is 2.40. The Hall–Kier alpha value is -2.70. The molecule has 0 aliphatic heterocycles. The normalized spacial score (nSPS) is 10.5. The van der Waals surface area contributed by atoms with Crippen LogP contribution in [0, 0.1) is 5.92 Å². The van der Waals surface area contributed by atoms with Crippen molar-refractivity contribution in [1.82, 2.24) is 9.97 Å². The molecule has 0 aliphatic rings. The molecule has 7 heteroatoms. The number of anilines is 3. The predicted molar refractivity (Wildman–Crippen MR) is 99.4 cm³/mol. The van der Waals surface area contributed by atoms with Crippen molar-refractivity contribution >= 4 is 17.5 Å². The molecule has 2 N–H and O–H groups in total. The number of rotatable bonds is 9. The van der Waals surface area contributed by atoms with Gasteiger partial charge in [0.2, 0.25) is 11.7 Å². The quantitative estimate of drug-likeness (QED) is 0.717. The van der Waals surface area contributed by atoms with Gasteiger partial charge in [0, 0.05) is 30.6 Å². The van der Waals surface area contributed by atoms with Crippen molar-refractivity contribution in [1.29, 1.82) is 0 Å². The molecule has 2 aromatic rings. The molecule has 0 radical (unpaired) electrons. The second kappa shape index (κ2) is 8.96. The van der Waals surface area contributed by atoms with Gasteiger partial charge in [-0.05, 0) is 18.4 Å². The Balaban J connectivity index is 2.16. The minimum absolute atomic E-state index is 0.490. The van der Waals surface area contributed by atoms with Crippen LogP contribution < -0.4 is 24.8 Å². The van der Waals surface area contributed by atoms with E-state index in [-0.39, 0.29) is 0 Å². The molecule has 0 saturated carbocycles. The molecule has 0 fully saturated rings. The maximum absolute atomic E-state index is 5.36. The van der Waals surface area contributed by atoms with E-state index in [2.05, 4.69) is 34.4 Å². The molecule has 136 valence electrons. The van der Waals surface area contributed by atoms with Gasteiger partial charge in [0.1, 0.15) is 5.82 Å². The second-order valence-corrected chi connectivity index (χ2v) is 5.91. The number of hydrogen-bond acceptors (Lipinski definition) is 7. The van der Waals surface area contributed by atoms with Gasteiger partial charge in [0.05, 0.1) is 21.3 Å². The molecule has 1 aromatic carbocycles. The summed E-state index contributed by atoms with van der Waals surface area (Å²) in [6.07, 6.45) is 2.80. The summed E-state index contributed by atoms with van der Waals surface area (Å²) in [6.45, 7) is 5.26. The van der Waals surface area contributed by atoms with Gasteiger partial charge in [-0.2, -0.15) is 4.98 Å². The van der Waals surface area contributed by atoms with E-state index in [1.165, 1.54) is 0 Å². The number of ether oxygens (including phenoxy) is 3. The maximum atomic E-state index is 5.36. The molecular formula is C18H26N4O3. The van der Waals surface area contributed by atoms with E-state index in [1.54, 1.807) is 27.5 Å². The average Bonchev–Trinajstić information content (AvgIpc) is 2.60. The number of nitrogens with zero attached hydrogens (tertiary/aromatic N) is 2. The standard InChI is InChI=1S/C18H26N4O3/c1-12(2)6-8-19-16-7-9-20-18(22-16)21-13-10-14(23-3)17(25-5)15(11-13)24-4/h7,9-12H,6,8H2,1-5H3,(H2,19,20,21,22). The van der Waals surface area contributed by atoms with E-state index in [1.807, 2.05) is 18.2 Å². The molecule has 25 heavy (non-hydrogen) atoms. The van der Waals surface area contributed by atoms with Gasteiger partial charge in [-0.3, -0.25) is 0 Å². The van der Waals surface area contributed by atoms with Crippen molar-refractivity contribution in [2.75, 3.05) is 38.5 Å². The topological polar surface area (TPSA) is 77.5 Å². The van der Waals surface area contributed by atoms with Gasteiger partial charge in [0.25, 0.3) is 0 Å². The van der Waals surface area contributed by atoms with E-state index in [9.17, 15) is 0 Å². The van der Waals surface area contributed by atoms with Crippen molar-refractivity contribution in [2.24, 2.45) is 5.92 Å². The molecule has 0 saturated heterocycles. The summed E-state index contributed by atoms with van der Waals surface area (Å²) in [4.78, 5) is 8.73. The van der Waals surface area contributed by atoms with E-state index in [0.29, 0.717) is 29.1 Å². The largest absolute Gasteiger partial charge is 0.493 e. The minimum Gasteiger partial charge on any atom is -0.493 e. The summed E-state index contributed by atoms with van der Waals surface area (Å²) in [5.74, 6) is 3.59. The van der Waals surface area contributed by atoms with Crippen molar-refractivity contribution in [3.05, 3.63) is 24.4 Å². The van der Waals surface area contributed by atoms with Crippen molar-refractivity contribution < 1.29 is 14.2 Å². The highest BCUT2D eigenvalue weighted by atomic mass is 16.5. The smallest absolute Gasteiger partial charge is 0.229 e. The molecule has 7 nitrogen and oxygen atoms in total. The molecule has 0 aliphatic carbocycles. The molecule has 0 spiro atoms. The van der Waals surface area contributed by atoms with E-state index in [0.717, 1.165) is 24.5 Å². The van der Waals surface area contributed by atoms with Gasteiger partial charge < -0.3 is 24.8 Å². The lowest BCUT2D eigenvalue weighted by Gasteiger charge is -2.15. The summed E-state index contributed by atoms with van der Waals surface area (Å²) >= 11 is 0. The number of hydrogen-bond donors (Lipinski definition) is 2. The van der Waals surface area contributed by atoms with Crippen LogP contribution in [0.1, 0.15) is 20.3 Å². The summed E-state index contributed by atoms with van der Waals surface area (Å²) in [5.41, 5.74) is 0.744. The van der Waals surface area contributed by atoms with Crippen LogP contribution in [0.15, 0.2) is 24.4 Å². The van der Waals surface area contributed by atoms with Crippen LogP contribution in [0.5, 0.6) is 17.2 Å². The van der Waals surface area contributed by atoms with Crippen molar-refractivity contribution in [3.63, 3.8) is 0 Å². The third-order valence-corrected chi connectivity index (χ3v) is 3.60. The van der Waals surface area contributed by atoms with Crippen LogP contribution >= 0.6 is 0 Å². The lowest BCUT2D eigenvalue weighted by atomic mass is 10.1. The van der Waals surface area contributed by atoms with E-state index in [4.69, 9.17) is 14.2 Å². The first-order valence-electron chi connectivity index (χ1n) is 8.21. The molecule has 0 unspecified atom stereocenters. The second-order valence-electron chi connectivity index (χ2n) is 5.91. The van der Waals surface area contributed by atoms with Crippen LogP contribution in [-0.4, -0.2) is 37.8 Å². The summed E-state index contributed by atoms with van der Waals surface area (Å²) in [5, 5.41) is 6.47. The number of methoxy groups -OCH3 is 3. The number of aromatic nitrogens is 2. The fourth-order valence-electron chi connectivity index (χ4n) is 2.29. The zero-order valence-electron chi connectivity index (χ0n) is 15.4. The first-order valence-corrected chi connectivity index (χ1v) is 8.21. The fraction of sp³-hybridized carbons (Fsp3) is 0.444. The fourth-order valence-corrected chi connectivity index (χ4v) is 2.29. The Labute approximate surface area is 148 Å². The Kier molecular flexibility index (Phi) is 6.68. The summed E-state index contributed by atoms with van der Waals surface area (Å²) in [7, 11) is 4.73. The number of nitrogens with one attached hydrogen (secondary N) is 2. The van der Waals surface area contributed by atoms with Crippen molar-refractivity contribution in [2.45, 2.75) is 20.3 Å². The van der Waals surface area contributed by atoms with Crippen LogP contribution in [0.3, 0.4) is 0 Å². The molecule has 0 atom stereocenters. The molecule has 2 rings (SSSR count). The first-order chi connectivity index (χ1) is 12.1. The molecule has 1 aromatic heterocycles. The zero-order chi connectivity index (χ0) is 18.2. The third kappa shape index (κ3) is 5.14. The first kappa shape index (κ1) is 18.6. The van der Waals surface area contributed by atoms with Crippen molar-refractivity contribution in [3.8, 4) is 17.2 Å². The van der Waals surface area contributed by atoms with E-state index < -0.39 is 0 Å². The lowest BCUT2D eigenvalue weighted by molar-refractivity contribution is 0.324. The third-order valence-electron chi connectivity index (χ3n) is 3.60. The SMILES string of the molecule is COc1cc(Nc2nccc(NCCC(C)C)n2)cc(OC)c1OC. The van der Waals surface area contributed by atoms with Gasteiger partial charge in [0.15, 0.2) is 11.5 Å². The molecule has 0 bridgehead atoms. The minimum atomic E-state index is 0.490. The Bertz CT molecular complexity index is 667. The average molecular weight is 346 g/mol. The van der Waals surface area contributed by atoms with Gasteiger partial charge in [-0.25, -0.2) is 4.98 Å². The van der Waals surface area contributed by atoms with Crippen LogP contribution in [0.2, 0.25) is 0 Å². The molecular weight excluding hydrogens is 320 g/mol. The Morgan fingerprint density at radius 2 is 1.72 bits per heavy atom. The van der Waals surface area contributed by atoms with Crippen LogP contribution in [0.4, 0.5) is 17.5 Å². The lowest BCUT2D eigenvalue weighted by Crippen LogP contribution is -2.07. The van der Waals surface area contributed by atoms with Crippen LogP contribution in [0.25, 0.3) is 0 Å². The predicted octanol–water partition coefficient (Wildman–Crippen LogP) is 3.70. The maximum Gasteiger partial charge on any atom is 0.229 e. The van der Waals surface area contributed by atoms with Gasteiger partial charge in [-0.15, -0.1) is 0 Å². The monoisotopic (exact) mass is 346 g/mol. The zero-order valence-corrected chi connectivity index (χ0v) is 15.4. The van der Waals surface area contributed by atoms with Gasteiger partial charge >= 0.3 is 0 Å². The summed E-state index contributed by atoms with van der Waals surface area (Å²) in [6, 6.07) is 5.47. The number of benzene rings is 1. The van der Waals surface area contributed by atoms with Crippen LogP contribution in [-0.2, 0) is 0 Å².